The van der Waals surface area contributed by atoms with Crippen molar-refractivity contribution in [2.75, 3.05) is 7.11 Å². The quantitative estimate of drug-likeness (QED) is 0.357. The third-order valence-corrected chi connectivity index (χ3v) is 4.72. The van der Waals surface area contributed by atoms with Crippen LogP contribution in [0.5, 0.6) is 11.5 Å². The van der Waals surface area contributed by atoms with Gasteiger partial charge >= 0.3 is 0 Å². The summed E-state index contributed by atoms with van der Waals surface area (Å²) in [6.45, 7) is 2.17. The number of carbonyl (C=O) groups is 1. The smallest absolute Gasteiger partial charge is 0.271 e. The normalized spacial score (nSPS) is 10.9. The molecule has 0 aliphatic heterocycles. The molecule has 32 heavy (non-hydrogen) atoms. The van der Waals surface area contributed by atoms with Crippen LogP contribution < -0.4 is 14.9 Å². The Morgan fingerprint density at radius 2 is 1.78 bits per heavy atom. The highest BCUT2D eigenvalue weighted by Gasteiger charge is 2.10. The number of hydrogen-bond acceptors (Lipinski definition) is 7. The molecule has 0 unspecified atom stereocenters. The number of carbonyl (C=O) groups excluding carboxylic acids is 1. The van der Waals surface area contributed by atoms with Crippen LogP contribution in [0.1, 0.15) is 27.3 Å². The van der Waals surface area contributed by atoms with E-state index in [4.69, 9.17) is 9.47 Å². The standard InChI is InChI=1S/C24H21N5O3/c1-16-21(28-20-6-4-3-5-19(20)27-16)15-32-22-8-7-17(13-23(22)31-2)14-26-29-24(30)18-9-11-25-12-10-18/h3-14H,15H2,1-2H3,(H,29,30). The maximum absolute atomic E-state index is 12.0. The molecular weight excluding hydrogens is 406 g/mol. The fraction of sp³-hybridized carbons (Fsp3) is 0.125. The molecule has 2 aromatic heterocycles. The van der Waals surface area contributed by atoms with Crippen LogP contribution in [0.15, 0.2) is 72.1 Å². The highest BCUT2D eigenvalue weighted by atomic mass is 16.5. The van der Waals surface area contributed by atoms with E-state index in [-0.39, 0.29) is 12.5 Å². The molecule has 0 radical (unpaired) electrons. The fourth-order valence-electron chi connectivity index (χ4n) is 3.02. The molecule has 4 rings (SSSR count). The molecule has 0 saturated carbocycles. The number of hydrogen-bond donors (Lipinski definition) is 1. The van der Waals surface area contributed by atoms with Crippen molar-refractivity contribution in [2.24, 2.45) is 5.10 Å². The first-order chi connectivity index (χ1) is 15.6. The number of pyridine rings is 1. The Labute approximate surface area is 185 Å². The number of nitrogens with zero attached hydrogens (tertiary/aromatic N) is 4. The Bertz CT molecular complexity index is 1280. The molecule has 1 N–H and O–H groups in total. The topological polar surface area (TPSA) is 98.6 Å². The van der Waals surface area contributed by atoms with Crippen molar-refractivity contribution in [1.29, 1.82) is 0 Å². The second-order valence-electron chi connectivity index (χ2n) is 6.88. The van der Waals surface area contributed by atoms with E-state index in [1.807, 2.05) is 37.3 Å². The molecule has 2 heterocycles. The molecule has 0 saturated heterocycles. The average Bonchev–Trinajstić information content (AvgIpc) is 2.83. The van der Waals surface area contributed by atoms with E-state index in [9.17, 15) is 4.79 Å². The maximum Gasteiger partial charge on any atom is 0.271 e. The summed E-state index contributed by atoms with van der Waals surface area (Å²) < 4.78 is 11.4. The number of aromatic nitrogens is 3. The number of aryl methyl sites for hydroxylation is 1. The number of fused-ring (bicyclic) bond motifs is 1. The Morgan fingerprint density at radius 3 is 2.53 bits per heavy atom. The molecule has 8 heteroatoms. The van der Waals surface area contributed by atoms with Crippen LogP contribution in [0.3, 0.4) is 0 Å². The molecule has 0 aliphatic carbocycles. The lowest BCUT2D eigenvalue weighted by Crippen LogP contribution is -2.17. The third kappa shape index (κ3) is 4.86. The van der Waals surface area contributed by atoms with Crippen LogP contribution in [0.2, 0.25) is 0 Å². The van der Waals surface area contributed by atoms with E-state index in [1.165, 1.54) is 6.21 Å². The summed E-state index contributed by atoms with van der Waals surface area (Å²) >= 11 is 0. The number of nitrogens with one attached hydrogen (secondary N) is 1. The van der Waals surface area contributed by atoms with Crippen molar-refractivity contribution in [2.45, 2.75) is 13.5 Å². The first kappa shape index (κ1) is 20.9. The van der Waals surface area contributed by atoms with E-state index < -0.39 is 0 Å². The molecule has 0 spiro atoms. The number of hydrazone groups is 1. The van der Waals surface area contributed by atoms with E-state index in [1.54, 1.807) is 43.8 Å². The van der Waals surface area contributed by atoms with Crippen LogP contribution in [-0.4, -0.2) is 34.2 Å². The highest BCUT2D eigenvalue weighted by Crippen LogP contribution is 2.28. The predicted molar refractivity (Wildman–Crippen MR) is 121 cm³/mol. The largest absolute Gasteiger partial charge is 0.493 e. The molecular formula is C24H21N5O3. The second kappa shape index (κ2) is 9.65. The summed E-state index contributed by atoms with van der Waals surface area (Å²) in [6.07, 6.45) is 4.63. The lowest BCUT2D eigenvalue weighted by molar-refractivity contribution is 0.0955. The van der Waals surface area contributed by atoms with Crippen LogP contribution in [0.4, 0.5) is 0 Å². The minimum Gasteiger partial charge on any atom is -0.493 e. The van der Waals surface area contributed by atoms with E-state index in [0.717, 1.165) is 28.0 Å². The lowest BCUT2D eigenvalue weighted by atomic mass is 10.2. The van der Waals surface area contributed by atoms with Gasteiger partial charge in [0.05, 0.1) is 35.7 Å². The Morgan fingerprint density at radius 1 is 1.03 bits per heavy atom. The van der Waals surface area contributed by atoms with Crippen LogP contribution in [0, 0.1) is 6.92 Å². The Balaban J connectivity index is 1.43. The second-order valence-corrected chi connectivity index (χ2v) is 6.88. The number of rotatable bonds is 7. The number of para-hydroxylation sites is 2. The van der Waals surface area contributed by atoms with Gasteiger partial charge in [0.15, 0.2) is 11.5 Å². The van der Waals surface area contributed by atoms with Gasteiger partial charge in [-0.05, 0) is 55.0 Å². The summed E-state index contributed by atoms with van der Waals surface area (Å²) in [4.78, 5) is 25.2. The summed E-state index contributed by atoms with van der Waals surface area (Å²) in [7, 11) is 1.56. The van der Waals surface area contributed by atoms with Gasteiger partial charge in [-0.15, -0.1) is 0 Å². The minimum absolute atomic E-state index is 0.259. The summed E-state index contributed by atoms with van der Waals surface area (Å²) in [5, 5.41) is 4.00. The van der Waals surface area contributed by atoms with Crippen LogP contribution >= 0.6 is 0 Å². The van der Waals surface area contributed by atoms with Crippen molar-refractivity contribution < 1.29 is 14.3 Å². The molecule has 0 fully saturated rings. The number of amides is 1. The summed E-state index contributed by atoms with van der Waals surface area (Å²) in [5.74, 6) is 0.795. The van der Waals surface area contributed by atoms with Crippen molar-refractivity contribution >= 4 is 23.2 Å². The third-order valence-electron chi connectivity index (χ3n) is 4.72. The van der Waals surface area contributed by atoms with Gasteiger partial charge in [0, 0.05) is 18.0 Å². The SMILES string of the molecule is COc1cc(C=NNC(=O)c2ccncc2)ccc1OCc1nc2ccccc2nc1C. The van der Waals surface area contributed by atoms with Gasteiger partial charge in [-0.1, -0.05) is 12.1 Å². The average molecular weight is 427 g/mol. The molecule has 8 nitrogen and oxygen atoms in total. The van der Waals surface area contributed by atoms with Crippen molar-refractivity contribution in [3.05, 3.63) is 89.5 Å². The van der Waals surface area contributed by atoms with Crippen LogP contribution in [-0.2, 0) is 6.61 Å². The lowest BCUT2D eigenvalue weighted by Gasteiger charge is -2.12. The van der Waals surface area contributed by atoms with Gasteiger partial charge in [-0.25, -0.2) is 15.4 Å². The van der Waals surface area contributed by atoms with E-state index >= 15 is 0 Å². The van der Waals surface area contributed by atoms with Gasteiger partial charge in [0.1, 0.15) is 6.61 Å². The molecule has 1 amide bonds. The van der Waals surface area contributed by atoms with Gasteiger partial charge in [0.25, 0.3) is 5.91 Å². The fourth-order valence-corrected chi connectivity index (χ4v) is 3.02. The number of methoxy groups -OCH3 is 1. The monoisotopic (exact) mass is 427 g/mol. The predicted octanol–water partition coefficient (Wildman–Crippen LogP) is 3.68. The van der Waals surface area contributed by atoms with E-state index in [2.05, 4.69) is 25.5 Å². The summed E-state index contributed by atoms with van der Waals surface area (Å²) in [6, 6.07) is 16.3. The molecule has 0 aliphatic rings. The van der Waals surface area contributed by atoms with Gasteiger partial charge in [-0.2, -0.15) is 5.10 Å². The van der Waals surface area contributed by atoms with E-state index in [0.29, 0.717) is 17.1 Å². The Kier molecular flexibility index (Phi) is 6.31. The van der Waals surface area contributed by atoms with Crippen molar-refractivity contribution in [3.8, 4) is 11.5 Å². The zero-order valence-electron chi connectivity index (χ0n) is 17.6. The number of benzene rings is 2. The minimum atomic E-state index is -0.317. The highest BCUT2D eigenvalue weighted by molar-refractivity contribution is 5.94. The van der Waals surface area contributed by atoms with Gasteiger partial charge in [-0.3, -0.25) is 9.78 Å². The maximum atomic E-state index is 12.0. The summed E-state index contributed by atoms with van der Waals surface area (Å²) in [5.41, 5.74) is 6.95. The van der Waals surface area contributed by atoms with Crippen molar-refractivity contribution in [1.82, 2.24) is 20.4 Å². The Hall–Kier alpha value is -4.33. The molecule has 160 valence electrons. The molecule has 2 aromatic carbocycles. The van der Waals surface area contributed by atoms with Gasteiger partial charge in [0.2, 0.25) is 0 Å². The number of ether oxygens (including phenoxy) is 2. The molecule has 0 bridgehead atoms. The van der Waals surface area contributed by atoms with Crippen molar-refractivity contribution in [3.63, 3.8) is 0 Å². The zero-order valence-corrected chi connectivity index (χ0v) is 17.6. The first-order valence-electron chi connectivity index (χ1n) is 9.90. The molecule has 0 atom stereocenters. The first-order valence-corrected chi connectivity index (χ1v) is 9.90. The van der Waals surface area contributed by atoms with Crippen LogP contribution in [0.25, 0.3) is 11.0 Å². The van der Waals surface area contributed by atoms with Gasteiger partial charge < -0.3 is 9.47 Å². The zero-order chi connectivity index (χ0) is 22.3. The molecule has 4 aromatic rings.